The van der Waals surface area contributed by atoms with Crippen LogP contribution in [0, 0.1) is 13.8 Å². The molecule has 0 aromatic heterocycles. The van der Waals surface area contributed by atoms with Gasteiger partial charge in [-0.25, -0.2) is 8.42 Å². The van der Waals surface area contributed by atoms with Crippen molar-refractivity contribution in [2.75, 3.05) is 7.11 Å². The second-order valence-electron chi connectivity index (χ2n) is 6.59. The summed E-state index contributed by atoms with van der Waals surface area (Å²) in [5, 5.41) is 0. The SMILES string of the molecule is COc1c(C)cc(S(=O)(=O)N(C2CCCC2)C2CC2)cc1C. The molecule has 0 N–H and O–H groups in total. The van der Waals surface area contributed by atoms with E-state index >= 15 is 0 Å². The smallest absolute Gasteiger partial charge is 0.243 e. The van der Waals surface area contributed by atoms with E-state index in [2.05, 4.69) is 0 Å². The fraction of sp³-hybridized carbons (Fsp3) is 0.647. The van der Waals surface area contributed by atoms with Crippen LogP contribution in [0.4, 0.5) is 0 Å². The number of methoxy groups -OCH3 is 1. The Bertz CT molecular complexity index is 635. The fourth-order valence-electron chi connectivity index (χ4n) is 3.68. The molecule has 0 spiro atoms. The van der Waals surface area contributed by atoms with E-state index < -0.39 is 10.0 Å². The van der Waals surface area contributed by atoms with E-state index in [1.807, 2.05) is 18.2 Å². The van der Waals surface area contributed by atoms with Crippen molar-refractivity contribution >= 4 is 10.0 Å². The fourth-order valence-corrected chi connectivity index (χ4v) is 5.78. The number of benzene rings is 1. The minimum Gasteiger partial charge on any atom is -0.496 e. The highest BCUT2D eigenvalue weighted by molar-refractivity contribution is 7.89. The third kappa shape index (κ3) is 2.76. The number of ether oxygens (including phenoxy) is 1. The molecule has 0 radical (unpaired) electrons. The van der Waals surface area contributed by atoms with Gasteiger partial charge in [0.05, 0.1) is 12.0 Å². The molecule has 1 aromatic rings. The summed E-state index contributed by atoms with van der Waals surface area (Å²) in [6.07, 6.45) is 6.30. The molecule has 0 atom stereocenters. The van der Waals surface area contributed by atoms with Gasteiger partial charge in [0.1, 0.15) is 5.75 Å². The van der Waals surface area contributed by atoms with E-state index in [-0.39, 0.29) is 12.1 Å². The number of nitrogens with zero attached hydrogens (tertiary/aromatic N) is 1. The quantitative estimate of drug-likeness (QED) is 0.834. The van der Waals surface area contributed by atoms with E-state index in [9.17, 15) is 8.42 Å². The molecule has 2 aliphatic rings. The first-order valence-electron chi connectivity index (χ1n) is 8.14. The van der Waals surface area contributed by atoms with Gasteiger partial charge in [-0.05, 0) is 62.8 Å². The van der Waals surface area contributed by atoms with Crippen LogP contribution < -0.4 is 4.74 Å². The third-order valence-corrected chi connectivity index (χ3v) is 6.79. The van der Waals surface area contributed by atoms with Gasteiger partial charge in [-0.1, -0.05) is 12.8 Å². The van der Waals surface area contributed by atoms with Gasteiger partial charge in [0.25, 0.3) is 0 Å². The van der Waals surface area contributed by atoms with Crippen molar-refractivity contribution in [3.63, 3.8) is 0 Å². The maximum Gasteiger partial charge on any atom is 0.243 e. The van der Waals surface area contributed by atoms with Crippen LogP contribution in [-0.4, -0.2) is 31.9 Å². The standard InChI is InChI=1S/C17H25NO3S/c1-12-10-16(11-13(2)17(12)21-3)22(19,20)18(15-8-9-15)14-6-4-5-7-14/h10-11,14-15H,4-9H2,1-3H3. The Morgan fingerprint density at radius 1 is 1.00 bits per heavy atom. The lowest BCUT2D eigenvalue weighted by Crippen LogP contribution is -2.40. The summed E-state index contributed by atoms with van der Waals surface area (Å²) in [6.45, 7) is 3.81. The van der Waals surface area contributed by atoms with Crippen molar-refractivity contribution in [2.24, 2.45) is 0 Å². The first-order valence-corrected chi connectivity index (χ1v) is 9.58. The number of hydrogen-bond acceptors (Lipinski definition) is 3. The molecular weight excluding hydrogens is 298 g/mol. The molecule has 0 amide bonds. The van der Waals surface area contributed by atoms with Crippen molar-refractivity contribution in [1.82, 2.24) is 4.31 Å². The van der Waals surface area contributed by atoms with Crippen LogP contribution in [0.1, 0.15) is 49.7 Å². The molecule has 0 unspecified atom stereocenters. The lowest BCUT2D eigenvalue weighted by atomic mass is 10.1. The minimum atomic E-state index is -3.41. The van der Waals surface area contributed by atoms with Crippen LogP contribution in [-0.2, 0) is 10.0 Å². The van der Waals surface area contributed by atoms with Crippen LogP contribution in [0.15, 0.2) is 17.0 Å². The highest BCUT2D eigenvalue weighted by Gasteiger charge is 2.43. The predicted molar refractivity (Wildman–Crippen MR) is 86.8 cm³/mol. The highest BCUT2D eigenvalue weighted by Crippen LogP contribution is 2.39. The van der Waals surface area contributed by atoms with Gasteiger partial charge >= 0.3 is 0 Å². The maximum absolute atomic E-state index is 13.2. The van der Waals surface area contributed by atoms with Gasteiger partial charge in [-0.2, -0.15) is 4.31 Å². The number of sulfonamides is 1. The largest absolute Gasteiger partial charge is 0.496 e. The van der Waals surface area contributed by atoms with Gasteiger partial charge in [0.2, 0.25) is 10.0 Å². The Morgan fingerprint density at radius 2 is 1.50 bits per heavy atom. The van der Waals surface area contributed by atoms with Crippen LogP contribution in [0.2, 0.25) is 0 Å². The first kappa shape index (κ1) is 15.8. The van der Waals surface area contributed by atoms with E-state index in [0.29, 0.717) is 4.90 Å². The second kappa shape index (κ2) is 5.85. The van der Waals surface area contributed by atoms with Crippen molar-refractivity contribution in [1.29, 1.82) is 0 Å². The monoisotopic (exact) mass is 323 g/mol. The average molecular weight is 323 g/mol. The Kier molecular flexibility index (Phi) is 4.21. The predicted octanol–water partition coefficient (Wildman–Crippen LogP) is 3.41. The molecule has 122 valence electrons. The van der Waals surface area contributed by atoms with Crippen molar-refractivity contribution in [2.45, 2.75) is 69.4 Å². The molecule has 22 heavy (non-hydrogen) atoms. The molecule has 1 aromatic carbocycles. The van der Waals surface area contributed by atoms with Crippen LogP contribution >= 0.6 is 0 Å². The van der Waals surface area contributed by atoms with E-state index in [1.54, 1.807) is 19.2 Å². The summed E-state index contributed by atoms with van der Waals surface area (Å²) in [5.74, 6) is 0.776. The number of hydrogen-bond donors (Lipinski definition) is 0. The summed E-state index contributed by atoms with van der Waals surface area (Å²) in [4.78, 5) is 0.419. The minimum absolute atomic E-state index is 0.195. The van der Waals surface area contributed by atoms with Gasteiger partial charge in [-0.3, -0.25) is 0 Å². The summed E-state index contributed by atoms with van der Waals surface area (Å²) < 4.78 is 33.6. The summed E-state index contributed by atoms with van der Waals surface area (Å²) >= 11 is 0. The lowest BCUT2D eigenvalue weighted by molar-refractivity contribution is 0.314. The molecule has 2 fully saturated rings. The molecule has 0 heterocycles. The molecule has 0 aliphatic heterocycles. The van der Waals surface area contributed by atoms with Crippen molar-refractivity contribution < 1.29 is 13.2 Å². The third-order valence-electron chi connectivity index (χ3n) is 4.80. The zero-order valence-corrected chi connectivity index (χ0v) is 14.4. The molecule has 2 saturated carbocycles. The van der Waals surface area contributed by atoms with Crippen LogP contribution in [0.25, 0.3) is 0 Å². The van der Waals surface area contributed by atoms with Crippen LogP contribution in [0.3, 0.4) is 0 Å². The summed E-state index contributed by atoms with van der Waals surface area (Å²) in [7, 11) is -1.79. The molecule has 3 rings (SSSR count). The molecule has 0 bridgehead atoms. The van der Waals surface area contributed by atoms with Crippen molar-refractivity contribution in [3.05, 3.63) is 23.3 Å². The Balaban J connectivity index is 2.00. The first-order chi connectivity index (χ1) is 10.4. The van der Waals surface area contributed by atoms with E-state index in [0.717, 1.165) is 55.4 Å². The van der Waals surface area contributed by atoms with Gasteiger partial charge < -0.3 is 4.74 Å². The van der Waals surface area contributed by atoms with Crippen molar-refractivity contribution in [3.8, 4) is 5.75 Å². The molecular formula is C17H25NO3S. The molecule has 5 heteroatoms. The molecule has 2 aliphatic carbocycles. The van der Waals surface area contributed by atoms with E-state index in [4.69, 9.17) is 4.74 Å². The maximum atomic E-state index is 13.2. The Morgan fingerprint density at radius 3 is 1.95 bits per heavy atom. The lowest BCUT2D eigenvalue weighted by Gasteiger charge is -2.28. The number of aryl methyl sites for hydroxylation is 2. The average Bonchev–Trinajstić information content (AvgIpc) is 3.12. The molecule has 0 saturated heterocycles. The normalized spacial score (nSPS) is 19.8. The Hall–Kier alpha value is -1.07. The summed E-state index contributed by atoms with van der Waals surface area (Å²) in [6, 6.07) is 3.92. The Labute approximate surface area is 133 Å². The summed E-state index contributed by atoms with van der Waals surface area (Å²) in [5.41, 5.74) is 1.76. The number of rotatable bonds is 5. The van der Waals surface area contributed by atoms with E-state index in [1.165, 1.54) is 0 Å². The van der Waals surface area contributed by atoms with Crippen LogP contribution in [0.5, 0.6) is 5.75 Å². The van der Waals surface area contributed by atoms with Gasteiger partial charge in [-0.15, -0.1) is 0 Å². The topological polar surface area (TPSA) is 46.6 Å². The molecule has 4 nitrogen and oxygen atoms in total. The van der Waals surface area contributed by atoms with Gasteiger partial charge in [0.15, 0.2) is 0 Å². The highest BCUT2D eigenvalue weighted by atomic mass is 32.2. The zero-order valence-electron chi connectivity index (χ0n) is 13.6. The van der Waals surface area contributed by atoms with Gasteiger partial charge in [0, 0.05) is 12.1 Å². The zero-order chi connectivity index (χ0) is 15.9. The second-order valence-corrected chi connectivity index (χ2v) is 8.44.